The van der Waals surface area contributed by atoms with Gasteiger partial charge in [-0.2, -0.15) is 17.5 Å². The number of nitrogens with zero attached hydrogens (tertiary/aromatic N) is 3. The van der Waals surface area contributed by atoms with Crippen LogP contribution in [0.4, 0.5) is 23.2 Å². The largest absolute Gasteiger partial charge is 0.495 e. The maximum absolute atomic E-state index is 13.8. The highest BCUT2D eigenvalue weighted by molar-refractivity contribution is 7.89. The molecule has 212 valence electrons. The lowest BCUT2D eigenvalue weighted by molar-refractivity contribution is -0.137. The number of ether oxygens (including phenoxy) is 1. The predicted molar refractivity (Wildman–Crippen MR) is 140 cm³/mol. The number of benzene rings is 3. The molecule has 5 rings (SSSR count). The Balaban J connectivity index is 1.33. The Morgan fingerprint density at radius 3 is 2.27 bits per heavy atom. The fourth-order valence-corrected chi connectivity index (χ4v) is 6.55. The molecule has 0 radical (unpaired) electrons. The second-order valence-corrected chi connectivity index (χ2v) is 11.6. The van der Waals surface area contributed by atoms with Crippen molar-refractivity contribution in [2.45, 2.75) is 24.0 Å². The van der Waals surface area contributed by atoms with Crippen LogP contribution in [0.1, 0.15) is 27.0 Å². The highest BCUT2D eigenvalue weighted by Crippen LogP contribution is 2.35. The summed E-state index contributed by atoms with van der Waals surface area (Å²) in [5.74, 6) is -1.40. The standard InChI is InChI=1S/C28H27F4N3O4S/c1-39-26-7-6-24(40(37,38)35-9-8-19-4-2-3-5-20(19)18-35)17-25(26)33-10-12-34(13-11-33)27(36)21-14-22(28(30,31)32)16-23(29)15-21/h2-7,14-17H,8-13,18H2,1H3. The van der Waals surface area contributed by atoms with Crippen LogP contribution in [0.25, 0.3) is 0 Å². The molecule has 0 unspecified atom stereocenters. The third-order valence-electron chi connectivity index (χ3n) is 7.26. The van der Waals surface area contributed by atoms with E-state index in [-0.39, 0.29) is 43.2 Å². The average Bonchev–Trinajstić information content (AvgIpc) is 2.95. The van der Waals surface area contributed by atoms with E-state index in [1.54, 1.807) is 12.1 Å². The van der Waals surface area contributed by atoms with E-state index in [9.17, 15) is 30.8 Å². The van der Waals surface area contributed by atoms with Crippen LogP contribution in [0.15, 0.2) is 65.6 Å². The summed E-state index contributed by atoms with van der Waals surface area (Å²) in [5, 5.41) is 0. The molecule has 2 heterocycles. The summed E-state index contributed by atoms with van der Waals surface area (Å²) < 4.78 is 87.2. The van der Waals surface area contributed by atoms with Crippen molar-refractivity contribution >= 4 is 21.6 Å². The Hall–Kier alpha value is -3.64. The van der Waals surface area contributed by atoms with Crippen molar-refractivity contribution in [3.05, 3.63) is 88.7 Å². The predicted octanol–water partition coefficient (Wildman–Crippen LogP) is 4.56. The average molecular weight is 578 g/mol. The van der Waals surface area contributed by atoms with Gasteiger partial charge in [0.15, 0.2) is 0 Å². The quantitative estimate of drug-likeness (QED) is 0.416. The van der Waals surface area contributed by atoms with Gasteiger partial charge in [0.05, 0.1) is 23.3 Å². The SMILES string of the molecule is COc1ccc(S(=O)(=O)N2CCc3ccccc3C2)cc1N1CCN(C(=O)c2cc(F)cc(C(F)(F)F)c2)CC1. The minimum atomic E-state index is -4.78. The molecular weight excluding hydrogens is 550 g/mol. The number of halogens is 4. The number of anilines is 1. The summed E-state index contributed by atoms with van der Waals surface area (Å²) in [7, 11) is -2.34. The van der Waals surface area contributed by atoms with Gasteiger partial charge in [-0.25, -0.2) is 12.8 Å². The van der Waals surface area contributed by atoms with Crippen LogP contribution >= 0.6 is 0 Å². The minimum absolute atomic E-state index is 0.112. The van der Waals surface area contributed by atoms with Crippen molar-refractivity contribution < 1.29 is 35.5 Å². The number of carbonyl (C=O) groups is 1. The first-order valence-electron chi connectivity index (χ1n) is 12.6. The van der Waals surface area contributed by atoms with Crippen molar-refractivity contribution in [3.63, 3.8) is 0 Å². The van der Waals surface area contributed by atoms with Gasteiger partial charge < -0.3 is 14.5 Å². The van der Waals surface area contributed by atoms with Crippen molar-refractivity contribution in [1.29, 1.82) is 0 Å². The first-order chi connectivity index (χ1) is 19.0. The number of hydrogen-bond acceptors (Lipinski definition) is 5. The third kappa shape index (κ3) is 5.50. The summed E-state index contributed by atoms with van der Waals surface area (Å²) >= 11 is 0. The second-order valence-electron chi connectivity index (χ2n) is 9.70. The Bertz CT molecular complexity index is 1540. The molecule has 0 spiro atoms. The van der Waals surface area contributed by atoms with E-state index >= 15 is 0 Å². The number of alkyl halides is 3. The van der Waals surface area contributed by atoms with Gasteiger partial charge in [0.25, 0.3) is 5.91 Å². The van der Waals surface area contributed by atoms with E-state index in [0.29, 0.717) is 36.5 Å². The number of sulfonamides is 1. The molecule has 7 nitrogen and oxygen atoms in total. The molecule has 1 saturated heterocycles. The maximum Gasteiger partial charge on any atom is 0.416 e. The second kappa shape index (κ2) is 10.7. The Labute approximate surface area is 229 Å². The first kappa shape index (κ1) is 27.9. The van der Waals surface area contributed by atoms with Crippen LogP contribution in [0.3, 0.4) is 0 Å². The molecule has 3 aromatic rings. The van der Waals surface area contributed by atoms with E-state index in [4.69, 9.17) is 4.74 Å². The van der Waals surface area contributed by atoms with Crippen molar-refractivity contribution in [2.75, 3.05) is 44.7 Å². The molecule has 12 heteroatoms. The van der Waals surface area contributed by atoms with E-state index in [0.717, 1.165) is 17.2 Å². The van der Waals surface area contributed by atoms with Crippen LogP contribution in [0.2, 0.25) is 0 Å². The van der Waals surface area contributed by atoms with Gasteiger partial charge in [-0.1, -0.05) is 24.3 Å². The van der Waals surface area contributed by atoms with Crippen molar-refractivity contribution in [3.8, 4) is 5.75 Å². The molecular formula is C28H27F4N3O4S. The molecule has 3 aromatic carbocycles. The van der Waals surface area contributed by atoms with E-state index in [1.165, 1.54) is 22.4 Å². The fraction of sp³-hybridized carbons (Fsp3) is 0.321. The summed E-state index contributed by atoms with van der Waals surface area (Å²) in [6.45, 7) is 1.45. The van der Waals surface area contributed by atoms with Gasteiger partial charge in [-0.05, 0) is 53.9 Å². The molecule has 0 aromatic heterocycles. The molecule has 0 atom stereocenters. The smallest absolute Gasteiger partial charge is 0.416 e. The van der Waals surface area contributed by atoms with Crippen molar-refractivity contribution in [1.82, 2.24) is 9.21 Å². The summed E-state index contributed by atoms with van der Waals surface area (Å²) in [6, 6.07) is 14.2. The Morgan fingerprint density at radius 2 is 1.60 bits per heavy atom. The highest BCUT2D eigenvalue weighted by atomic mass is 32.2. The monoisotopic (exact) mass is 577 g/mol. The zero-order valence-corrected chi connectivity index (χ0v) is 22.4. The van der Waals surface area contributed by atoms with Gasteiger partial charge in [-0.3, -0.25) is 4.79 Å². The number of hydrogen-bond donors (Lipinski definition) is 0. The van der Waals surface area contributed by atoms with Crippen LogP contribution in [-0.4, -0.2) is 63.4 Å². The van der Waals surface area contributed by atoms with Crippen LogP contribution in [-0.2, 0) is 29.2 Å². The lowest BCUT2D eigenvalue weighted by atomic mass is 10.0. The number of piperazine rings is 1. The van der Waals surface area contributed by atoms with Gasteiger partial charge in [0.2, 0.25) is 10.0 Å². The van der Waals surface area contributed by atoms with Gasteiger partial charge in [-0.15, -0.1) is 0 Å². The van der Waals surface area contributed by atoms with Gasteiger partial charge >= 0.3 is 6.18 Å². The van der Waals surface area contributed by atoms with Gasteiger partial charge in [0, 0.05) is 44.8 Å². The molecule has 0 saturated carbocycles. The molecule has 1 amide bonds. The zero-order valence-electron chi connectivity index (χ0n) is 21.6. The summed E-state index contributed by atoms with van der Waals surface area (Å²) in [5.41, 5.74) is 1.01. The number of fused-ring (bicyclic) bond motifs is 1. The molecule has 1 fully saturated rings. The molecule has 2 aliphatic heterocycles. The number of carbonyl (C=O) groups excluding carboxylic acids is 1. The number of amides is 1. The van der Waals surface area contributed by atoms with Crippen LogP contribution < -0.4 is 9.64 Å². The first-order valence-corrected chi connectivity index (χ1v) is 14.1. The topological polar surface area (TPSA) is 70.2 Å². The fourth-order valence-electron chi connectivity index (χ4n) is 5.11. The normalized spacial score (nSPS) is 16.5. The number of methoxy groups -OCH3 is 1. The minimum Gasteiger partial charge on any atom is -0.495 e. The van der Waals surface area contributed by atoms with Crippen LogP contribution in [0, 0.1) is 5.82 Å². The summed E-state index contributed by atoms with van der Waals surface area (Å²) in [6.07, 6.45) is -4.17. The number of rotatable bonds is 5. The Morgan fingerprint density at radius 1 is 0.900 bits per heavy atom. The van der Waals surface area contributed by atoms with Gasteiger partial charge in [0.1, 0.15) is 11.6 Å². The van der Waals surface area contributed by atoms with Crippen LogP contribution in [0.5, 0.6) is 5.75 Å². The highest BCUT2D eigenvalue weighted by Gasteiger charge is 2.34. The van der Waals surface area contributed by atoms with E-state index in [1.807, 2.05) is 29.2 Å². The Kier molecular flexibility index (Phi) is 7.49. The molecule has 2 aliphatic rings. The van der Waals surface area contributed by atoms with E-state index < -0.39 is 33.5 Å². The maximum atomic E-state index is 13.8. The molecule has 0 bridgehead atoms. The third-order valence-corrected chi connectivity index (χ3v) is 9.10. The molecule has 0 aliphatic carbocycles. The molecule has 40 heavy (non-hydrogen) atoms. The summed E-state index contributed by atoms with van der Waals surface area (Å²) in [4.78, 5) is 16.2. The van der Waals surface area contributed by atoms with Crippen molar-refractivity contribution in [2.24, 2.45) is 0 Å². The lowest BCUT2D eigenvalue weighted by Crippen LogP contribution is -2.49. The lowest BCUT2D eigenvalue weighted by Gasteiger charge is -2.37. The molecule has 0 N–H and O–H groups in total. The van der Waals surface area contributed by atoms with E-state index in [2.05, 4.69) is 0 Å². The zero-order chi connectivity index (χ0) is 28.7.